The Bertz CT molecular complexity index is 849. The van der Waals surface area contributed by atoms with E-state index in [1.54, 1.807) is 19.9 Å². The van der Waals surface area contributed by atoms with Crippen LogP contribution in [0.4, 0.5) is 14.5 Å². The number of anilines is 1. The quantitative estimate of drug-likeness (QED) is 0.758. The maximum absolute atomic E-state index is 13.8. The second-order valence-electron chi connectivity index (χ2n) is 6.39. The van der Waals surface area contributed by atoms with Crippen LogP contribution in [-0.4, -0.2) is 32.1 Å². The molecule has 150 valence electrons. The van der Waals surface area contributed by atoms with Crippen LogP contribution in [0.25, 0.3) is 0 Å². The normalized spacial score (nSPS) is 11.7. The van der Waals surface area contributed by atoms with Gasteiger partial charge in [-0.2, -0.15) is 0 Å². The van der Waals surface area contributed by atoms with Gasteiger partial charge >= 0.3 is 0 Å². The molecule has 8 heteroatoms. The minimum Gasteiger partial charge on any atom is -0.497 e. The lowest BCUT2D eigenvalue weighted by Crippen LogP contribution is -2.47. The van der Waals surface area contributed by atoms with E-state index in [1.807, 2.05) is 0 Å². The summed E-state index contributed by atoms with van der Waals surface area (Å²) in [5.41, 5.74) is -0.0699. The van der Waals surface area contributed by atoms with Gasteiger partial charge in [-0.05, 0) is 30.2 Å². The molecule has 28 heavy (non-hydrogen) atoms. The Balaban J connectivity index is 2.21. The van der Waals surface area contributed by atoms with Gasteiger partial charge in [0.2, 0.25) is 5.91 Å². The maximum atomic E-state index is 13.8. The summed E-state index contributed by atoms with van der Waals surface area (Å²) in [6.07, 6.45) is 0. The van der Waals surface area contributed by atoms with Crippen LogP contribution in [0.3, 0.4) is 0 Å². The van der Waals surface area contributed by atoms with E-state index < -0.39 is 29.5 Å². The number of halogens is 2. The average molecular weight is 392 g/mol. The monoisotopic (exact) mass is 392 g/mol. The molecule has 0 aliphatic heterocycles. The summed E-state index contributed by atoms with van der Waals surface area (Å²) < 4.78 is 37.4. The van der Waals surface area contributed by atoms with E-state index in [4.69, 9.17) is 9.47 Å². The molecule has 0 fully saturated rings. The molecule has 6 nitrogen and oxygen atoms in total. The highest BCUT2D eigenvalue weighted by Crippen LogP contribution is 2.23. The van der Waals surface area contributed by atoms with Crippen LogP contribution < -0.4 is 20.1 Å². The van der Waals surface area contributed by atoms with Gasteiger partial charge in [0.1, 0.15) is 17.5 Å². The first-order valence-corrected chi connectivity index (χ1v) is 8.55. The van der Waals surface area contributed by atoms with E-state index in [0.29, 0.717) is 11.5 Å². The molecule has 0 bridgehead atoms. The SMILES string of the molecule is COc1cc(OC)cc(C(=O)NC(C(=O)Nc2cccc(F)c2F)C(C)C)c1. The van der Waals surface area contributed by atoms with Gasteiger partial charge in [0.05, 0.1) is 19.9 Å². The maximum Gasteiger partial charge on any atom is 0.252 e. The Kier molecular flexibility index (Phi) is 6.92. The van der Waals surface area contributed by atoms with E-state index in [2.05, 4.69) is 10.6 Å². The first-order chi connectivity index (χ1) is 13.3. The molecule has 0 aliphatic carbocycles. The fourth-order valence-electron chi connectivity index (χ4n) is 2.51. The second kappa shape index (κ2) is 9.16. The van der Waals surface area contributed by atoms with E-state index in [1.165, 1.54) is 38.5 Å². The summed E-state index contributed by atoms with van der Waals surface area (Å²) in [6.45, 7) is 3.44. The Morgan fingerprint density at radius 1 is 1.00 bits per heavy atom. The zero-order valence-electron chi connectivity index (χ0n) is 16.0. The van der Waals surface area contributed by atoms with Gasteiger partial charge in [-0.15, -0.1) is 0 Å². The molecule has 0 radical (unpaired) electrons. The average Bonchev–Trinajstić information content (AvgIpc) is 2.68. The lowest BCUT2D eigenvalue weighted by molar-refractivity contribution is -0.118. The van der Waals surface area contributed by atoms with Gasteiger partial charge in [-0.25, -0.2) is 8.78 Å². The van der Waals surface area contributed by atoms with Gasteiger partial charge in [-0.1, -0.05) is 19.9 Å². The van der Waals surface area contributed by atoms with Crippen molar-refractivity contribution in [2.45, 2.75) is 19.9 Å². The Morgan fingerprint density at radius 2 is 1.61 bits per heavy atom. The van der Waals surface area contributed by atoms with Crippen molar-refractivity contribution in [3.05, 3.63) is 53.6 Å². The number of carbonyl (C=O) groups excluding carboxylic acids is 2. The number of ether oxygens (including phenoxy) is 2. The molecule has 1 atom stereocenters. The molecule has 2 N–H and O–H groups in total. The van der Waals surface area contributed by atoms with Crippen LogP contribution in [0.5, 0.6) is 11.5 Å². The minimum absolute atomic E-state index is 0.228. The standard InChI is InChI=1S/C20H22F2N2O4/c1-11(2)18(20(26)23-16-7-5-6-15(21)17(16)22)24-19(25)12-8-13(27-3)10-14(9-12)28-4/h5-11,18H,1-4H3,(H,23,26)(H,24,25). The summed E-state index contributed by atoms with van der Waals surface area (Å²) in [7, 11) is 2.91. The highest BCUT2D eigenvalue weighted by Gasteiger charge is 2.26. The lowest BCUT2D eigenvalue weighted by atomic mass is 10.0. The molecule has 1 unspecified atom stereocenters. The molecular formula is C20H22F2N2O4. The lowest BCUT2D eigenvalue weighted by Gasteiger charge is -2.22. The Morgan fingerprint density at radius 3 is 2.14 bits per heavy atom. The molecule has 0 spiro atoms. The summed E-state index contributed by atoms with van der Waals surface area (Å²) in [4.78, 5) is 25.2. The third-order valence-corrected chi connectivity index (χ3v) is 4.06. The summed E-state index contributed by atoms with van der Waals surface area (Å²) >= 11 is 0. The zero-order valence-corrected chi connectivity index (χ0v) is 16.0. The van der Waals surface area contributed by atoms with Crippen molar-refractivity contribution in [1.82, 2.24) is 5.32 Å². The van der Waals surface area contributed by atoms with Crippen molar-refractivity contribution in [1.29, 1.82) is 0 Å². The molecule has 0 saturated heterocycles. The predicted octanol–water partition coefficient (Wildman–Crippen LogP) is 3.38. The Labute approximate surface area is 161 Å². The van der Waals surface area contributed by atoms with Crippen LogP contribution in [0, 0.1) is 17.6 Å². The minimum atomic E-state index is -1.16. The van der Waals surface area contributed by atoms with Gasteiger partial charge in [0.15, 0.2) is 11.6 Å². The number of benzene rings is 2. The van der Waals surface area contributed by atoms with Crippen molar-refractivity contribution in [3.63, 3.8) is 0 Å². The summed E-state index contributed by atoms with van der Waals surface area (Å²) in [5, 5.41) is 4.93. The van der Waals surface area contributed by atoms with E-state index in [9.17, 15) is 18.4 Å². The number of amides is 2. The van der Waals surface area contributed by atoms with Crippen molar-refractivity contribution in [3.8, 4) is 11.5 Å². The van der Waals surface area contributed by atoms with Crippen LogP contribution in [0.1, 0.15) is 24.2 Å². The molecule has 2 aromatic rings. The first kappa shape index (κ1) is 21.1. The van der Waals surface area contributed by atoms with E-state index in [0.717, 1.165) is 6.07 Å². The third kappa shape index (κ3) is 4.97. The van der Waals surface area contributed by atoms with Gasteiger partial charge in [0.25, 0.3) is 5.91 Å². The first-order valence-electron chi connectivity index (χ1n) is 8.55. The van der Waals surface area contributed by atoms with Crippen molar-refractivity contribution in [2.24, 2.45) is 5.92 Å². The van der Waals surface area contributed by atoms with E-state index >= 15 is 0 Å². The number of carbonyl (C=O) groups is 2. The number of methoxy groups -OCH3 is 2. The molecule has 2 rings (SSSR count). The number of hydrogen-bond acceptors (Lipinski definition) is 4. The van der Waals surface area contributed by atoms with Crippen LogP contribution >= 0.6 is 0 Å². The largest absolute Gasteiger partial charge is 0.497 e. The molecule has 0 aliphatic rings. The number of nitrogens with one attached hydrogen (secondary N) is 2. The number of rotatable bonds is 7. The fourth-order valence-corrected chi connectivity index (χ4v) is 2.51. The van der Waals surface area contributed by atoms with Crippen LogP contribution in [0.15, 0.2) is 36.4 Å². The Hall–Kier alpha value is -3.16. The fraction of sp³-hybridized carbons (Fsp3) is 0.300. The van der Waals surface area contributed by atoms with Crippen molar-refractivity contribution in [2.75, 3.05) is 19.5 Å². The molecule has 0 aromatic heterocycles. The van der Waals surface area contributed by atoms with Crippen LogP contribution in [0.2, 0.25) is 0 Å². The van der Waals surface area contributed by atoms with Crippen molar-refractivity contribution >= 4 is 17.5 Å². The summed E-state index contributed by atoms with van der Waals surface area (Å²) in [6, 6.07) is 7.09. The molecule has 2 amide bonds. The highest BCUT2D eigenvalue weighted by molar-refractivity contribution is 6.01. The molecular weight excluding hydrogens is 370 g/mol. The smallest absolute Gasteiger partial charge is 0.252 e. The van der Waals surface area contributed by atoms with Gasteiger partial charge in [0, 0.05) is 11.6 Å². The van der Waals surface area contributed by atoms with Crippen molar-refractivity contribution < 1.29 is 27.8 Å². The molecule has 0 heterocycles. The van der Waals surface area contributed by atoms with Gasteiger partial charge < -0.3 is 20.1 Å². The van der Waals surface area contributed by atoms with Gasteiger partial charge in [-0.3, -0.25) is 9.59 Å². The predicted molar refractivity (Wildman–Crippen MR) is 101 cm³/mol. The summed E-state index contributed by atoms with van der Waals surface area (Å²) in [5.74, 6) is -2.93. The molecule has 0 saturated carbocycles. The molecule has 2 aromatic carbocycles. The van der Waals surface area contributed by atoms with E-state index in [-0.39, 0.29) is 17.2 Å². The second-order valence-corrected chi connectivity index (χ2v) is 6.39. The number of hydrogen-bond donors (Lipinski definition) is 2. The highest BCUT2D eigenvalue weighted by atomic mass is 19.2. The zero-order chi connectivity index (χ0) is 20.8. The third-order valence-electron chi connectivity index (χ3n) is 4.06. The topological polar surface area (TPSA) is 76.7 Å². The van der Waals surface area contributed by atoms with Crippen LogP contribution in [-0.2, 0) is 4.79 Å².